The van der Waals surface area contributed by atoms with Crippen LogP contribution in [-0.2, 0) is 0 Å². The first-order valence-electron chi connectivity index (χ1n) is 3.03. The van der Waals surface area contributed by atoms with E-state index in [0.29, 0.717) is 0 Å². The van der Waals surface area contributed by atoms with Crippen LogP contribution in [0.25, 0.3) is 0 Å². The van der Waals surface area contributed by atoms with Crippen LogP contribution in [0.1, 0.15) is 0 Å². The van der Waals surface area contributed by atoms with Crippen molar-refractivity contribution < 1.29 is 18.3 Å². The van der Waals surface area contributed by atoms with Crippen LogP contribution in [0.3, 0.4) is 0 Å². The Morgan fingerprint density at radius 2 is 2.25 bits per heavy atom. The minimum atomic E-state index is -2.90. The number of halogens is 2. The van der Waals surface area contributed by atoms with Gasteiger partial charge in [-0.15, -0.1) is 0 Å². The minimum absolute atomic E-state index is 0.00898. The summed E-state index contributed by atoms with van der Waals surface area (Å²) in [5.41, 5.74) is 0. The van der Waals surface area contributed by atoms with Gasteiger partial charge in [-0.05, 0) is 0 Å². The van der Waals surface area contributed by atoms with E-state index in [2.05, 4.69) is 19.4 Å². The number of hydrogen-bond acceptors (Lipinski definition) is 4. The second kappa shape index (κ2) is 3.80. The summed E-state index contributed by atoms with van der Waals surface area (Å²) < 4.78 is 32.1. The Bertz CT molecular complexity index is 257. The molecule has 0 spiro atoms. The molecule has 4 nitrogen and oxygen atoms in total. The predicted octanol–water partition coefficient (Wildman–Crippen LogP) is 1.09. The van der Waals surface area contributed by atoms with Gasteiger partial charge >= 0.3 is 6.61 Å². The van der Waals surface area contributed by atoms with Gasteiger partial charge < -0.3 is 9.47 Å². The molecule has 0 aliphatic carbocycles. The molecule has 0 radical (unpaired) electrons. The van der Waals surface area contributed by atoms with Crippen LogP contribution in [0.2, 0.25) is 0 Å². The molecule has 1 rings (SSSR count). The van der Waals surface area contributed by atoms with Crippen molar-refractivity contribution >= 4 is 0 Å². The summed E-state index contributed by atoms with van der Waals surface area (Å²) in [6.07, 6.45) is 2.29. The number of ether oxygens (including phenoxy) is 2. The van der Waals surface area contributed by atoms with Crippen molar-refractivity contribution in [1.29, 1.82) is 0 Å². The third kappa shape index (κ3) is 2.01. The lowest BCUT2D eigenvalue weighted by atomic mass is 10.6. The van der Waals surface area contributed by atoms with Gasteiger partial charge in [-0.3, -0.25) is 0 Å². The van der Waals surface area contributed by atoms with Crippen LogP contribution >= 0.6 is 0 Å². The zero-order valence-electron chi connectivity index (χ0n) is 6.20. The Morgan fingerprint density at radius 3 is 2.83 bits per heavy atom. The fourth-order valence-corrected chi connectivity index (χ4v) is 0.636. The number of alkyl halides is 2. The maximum absolute atomic E-state index is 11.7. The molecule has 0 aromatic carbocycles. The van der Waals surface area contributed by atoms with Crippen molar-refractivity contribution in [2.24, 2.45) is 0 Å². The molecule has 0 amide bonds. The molecule has 6 heteroatoms. The van der Waals surface area contributed by atoms with Gasteiger partial charge in [0.1, 0.15) is 6.33 Å². The van der Waals surface area contributed by atoms with E-state index in [1.54, 1.807) is 0 Å². The van der Waals surface area contributed by atoms with E-state index < -0.39 is 6.61 Å². The van der Waals surface area contributed by atoms with Gasteiger partial charge in [0.25, 0.3) is 5.88 Å². The molecule has 12 heavy (non-hydrogen) atoms. The second-order valence-electron chi connectivity index (χ2n) is 1.77. The monoisotopic (exact) mass is 176 g/mol. The van der Waals surface area contributed by atoms with E-state index in [-0.39, 0.29) is 11.6 Å². The molecule has 0 bridgehead atoms. The zero-order chi connectivity index (χ0) is 8.97. The van der Waals surface area contributed by atoms with Crippen LogP contribution in [0, 0.1) is 0 Å². The SMILES string of the molecule is COc1ncncc1OC(F)F. The van der Waals surface area contributed by atoms with Crippen molar-refractivity contribution in [1.82, 2.24) is 9.97 Å². The van der Waals surface area contributed by atoms with Crippen LogP contribution in [0.4, 0.5) is 8.78 Å². The highest BCUT2D eigenvalue weighted by Crippen LogP contribution is 2.23. The van der Waals surface area contributed by atoms with E-state index in [9.17, 15) is 8.78 Å². The Labute approximate surface area is 67.2 Å². The largest absolute Gasteiger partial charge is 0.478 e. The summed E-state index contributed by atoms with van der Waals surface area (Å²) in [5, 5.41) is 0. The first-order valence-corrected chi connectivity index (χ1v) is 3.03. The van der Waals surface area contributed by atoms with Gasteiger partial charge in [0.05, 0.1) is 13.3 Å². The van der Waals surface area contributed by atoms with Gasteiger partial charge in [-0.25, -0.2) is 4.98 Å². The van der Waals surface area contributed by atoms with Gasteiger partial charge in [-0.2, -0.15) is 13.8 Å². The topological polar surface area (TPSA) is 44.2 Å². The average molecular weight is 176 g/mol. The fourth-order valence-electron chi connectivity index (χ4n) is 0.636. The normalized spacial score (nSPS) is 10.0. The Hall–Kier alpha value is -1.46. The summed E-state index contributed by atoms with van der Waals surface area (Å²) >= 11 is 0. The third-order valence-electron chi connectivity index (χ3n) is 1.05. The number of rotatable bonds is 3. The molecule has 1 aromatic heterocycles. The molecule has 0 atom stereocenters. The molecule has 0 saturated heterocycles. The van der Waals surface area contributed by atoms with Gasteiger partial charge in [0.2, 0.25) is 5.75 Å². The van der Waals surface area contributed by atoms with E-state index in [0.717, 1.165) is 6.20 Å². The molecule has 66 valence electrons. The van der Waals surface area contributed by atoms with Gasteiger partial charge in [-0.1, -0.05) is 0 Å². The molecular formula is C6H6F2N2O2. The second-order valence-corrected chi connectivity index (χ2v) is 1.77. The fraction of sp³-hybridized carbons (Fsp3) is 0.333. The number of hydrogen-bond donors (Lipinski definition) is 0. The van der Waals surface area contributed by atoms with Crippen molar-refractivity contribution in [3.63, 3.8) is 0 Å². The molecule has 0 N–H and O–H groups in total. The highest BCUT2D eigenvalue weighted by molar-refractivity contribution is 5.29. The van der Waals surface area contributed by atoms with Gasteiger partial charge in [0, 0.05) is 0 Å². The molecule has 1 aromatic rings. The summed E-state index contributed by atoms with van der Waals surface area (Å²) in [4.78, 5) is 7.06. The lowest BCUT2D eigenvalue weighted by Crippen LogP contribution is -2.04. The molecule has 0 fully saturated rings. The summed E-state index contributed by atoms with van der Waals surface area (Å²) in [5.74, 6) is -0.180. The third-order valence-corrected chi connectivity index (χ3v) is 1.05. The van der Waals surface area contributed by atoms with Crippen LogP contribution in [-0.4, -0.2) is 23.7 Å². The maximum atomic E-state index is 11.7. The Balaban J connectivity index is 2.82. The lowest BCUT2D eigenvalue weighted by Gasteiger charge is -2.06. The highest BCUT2D eigenvalue weighted by atomic mass is 19.3. The lowest BCUT2D eigenvalue weighted by molar-refractivity contribution is -0.0518. The predicted molar refractivity (Wildman–Crippen MR) is 35.2 cm³/mol. The molecule has 0 aliphatic heterocycles. The average Bonchev–Trinajstić information content (AvgIpc) is 2.04. The molecule has 1 heterocycles. The summed E-state index contributed by atoms with van der Waals surface area (Å²) in [6, 6.07) is 0. The summed E-state index contributed by atoms with van der Waals surface area (Å²) in [7, 11) is 1.31. The molecule has 0 unspecified atom stereocenters. The molecule has 0 saturated carbocycles. The van der Waals surface area contributed by atoms with E-state index >= 15 is 0 Å². The minimum Gasteiger partial charge on any atom is -0.478 e. The number of aromatic nitrogens is 2. The Morgan fingerprint density at radius 1 is 1.50 bits per heavy atom. The van der Waals surface area contributed by atoms with Crippen LogP contribution in [0.15, 0.2) is 12.5 Å². The van der Waals surface area contributed by atoms with Crippen LogP contribution in [0.5, 0.6) is 11.6 Å². The maximum Gasteiger partial charge on any atom is 0.387 e. The Kier molecular flexibility index (Phi) is 2.73. The van der Waals surface area contributed by atoms with Crippen molar-refractivity contribution in [2.45, 2.75) is 6.61 Å². The van der Waals surface area contributed by atoms with Crippen molar-refractivity contribution in [2.75, 3.05) is 7.11 Å². The standard InChI is InChI=1S/C6H6F2N2O2/c1-11-5-4(12-6(7)8)2-9-3-10-5/h2-3,6H,1H3. The first-order chi connectivity index (χ1) is 5.74. The van der Waals surface area contributed by atoms with E-state index in [4.69, 9.17) is 0 Å². The zero-order valence-corrected chi connectivity index (χ0v) is 6.20. The highest BCUT2D eigenvalue weighted by Gasteiger charge is 2.10. The smallest absolute Gasteiger partial charge is 0.387 e. The summed E-state index contributed by atoms with van der Waals surface area (Å²) in [6.45, 7) is -2.90. The first kappa shape index (κ1) is 8.63. The van der Waals surface area contributed by atoms with Crippen molar-refractivity contribution in [3.8, 4) is 11.6 Å². The molecular weight excluding hydrogens is 170 g/mol. The molecule has 0 aliphatic rings. The van der Waals surface area contributed by atoms with E-state index in [1.807, 2.05) is 0 Å². The number of nitrogens with zero attached hydrogens (tertiary/aromatic N) is 2. The quantitative estimate of drug-likeness (QED) is 0.691. The van der Waals surface area contributed by atoms with Crippen LogP contribution < -0.4 is 9.47 Å². The van der Waals surface area contributed by atoms with Gasteiger partial charge in [0.15, 0.2) is 0 Å². The van der Waals surface area contributed by atoms with E-state index in [1.165, 1.54) is 13.4 Å². The van der Waals surface area contributed by atoms with Crippen molar-refractivity contribution in [3.05, 3.63) is 12.5 Å². The number of methoxy groups -OCH3 is 1.